The molecule has 2 atom stereocenters. The van der Waals surface area contributed by atoms with E-state index in [2.05, 4.69) is 39.8 Å². The van der Waals surface area contributed by atoms with Crippen LogP contribution in [-0.2, 0) is 30.7 Å². The van der Waals surface area contributed by atoms with Crippen LogP contribution < -0.4 is 15.4 Å². The maximum Gasteiger partial charge on any atom is 0.191 e. The first-order valence-electron chi connectivity index (χ1n) is 9.96. The first-order valence-corrected chi connectivity index (χ1v) is 9.96. The maximum atomic E-state index is 6.00. The van der Waals surface area contributed by atoms with Gasteiger partial charge in [-0.3, -0.25) is 0 Å². The zero-order chi connectivity index (χ0) is 19.3. The average molecular weight is 512 g/mol. The minimum absolute atomic E-state index is 0. The number of ether oxygens (including phenoxy) is 2. The van der Waals surface area contributed by atoms with Crippen molar-refractivity contribution < 1.29 is 9.47 Å². The minimum atomic E-state index is 0. The number of guanidine groups is 1. The Morgan fingerprint density at radius 1 is 1.38 bits per heavy atom. The number of hydrogen-bond acceptors (Lipinski definition) is 5. The Kier molecular flexibility index (Phi) is 7.70. The molecule has 2 N–H and O–H groups in total. The summed E-state index contributed by atoms with van der Waals surface area (Å²) in [5, 5.41) is 11.4. The van der Waals surface area contributed by atoms with Gasteiger partial charge in [-0.15, -0.1) is 24.0 Å². The summed E-state index contributed by atoms with van der Waals surface area (Å²) in [7, 11) is 1.66. The second-order valence-electron chi connectivity index (χ2n) is 7.21. The second-order valence-corrected chi connectivity index (χ2v) is 7.21. The number of aliphatic imine (C=N–C) groups is 1. The van der Waals surface area contributed by atoms with Crippen LogP contribution in [0.2, 0.25) is 0 Å². The molecule has 0 saturated heterocycles. The highest BCUT2D eigenvalue weighted by Crippen LogP contribution is 2.28. The Morgan fingerprint density at radius 2 is 2.24 bits per heavy atom. The summed E-state index contributed by atoms with van der Waals surface area (Å²) < 4.78 is 13.1. The van der Waals surface area contributed by atoms with Crippen LogP contribution in [-0.4, -0.2) is 53.1 Å². The molecule has 2 aliphatic rings. The van der Waals surface area contributed by atoms with Crippen molar-refractivity contribution in [2.75, 3.05) is 20.2 Å². The predicted octanol–water partition coefficient (Wildman–Crippen LogP) is 1.92. The molecule has 0 fully saturated rings. The zero-order valence-electron chi connectivity index (χ0n) is 16.9. The molecule has 2 aromatic rings. The largest absolute Gasteiger partial charge is 0.488 e. The van der Waals surface area contributed by atoms with E-state index in [1.165, 1.54) is 5.56 Å². The number of nitrogens with zero attached hydrogens (tertiary/aromatic N) is 4. The van der Waals surface area contributed by atoms with Crippen LogP contribution in [0.5, 0.6) is 5.75 Å². The Hall–Kier alpha value is -1.88. The van der Waals surface area contributed by atoms with Gasteiger partial charge in [-0.05, 0) is 25.0 Å². The number of fused-ring (bicyclic) bond motifs is 2. The summed E-state index contributed by atoms with van der Waals surface area (Å²) in [4.78, 5) is 9.30. The van der Waals surface area contributed by atoms with Gasteiger partial charge in [-0.2, -0.15) is 5.10 Å². The lowest BCUT2D eigenvalue weighted by atomic mass is 10.1. The fourth-order valence-corrected chi connectivity index (χ4v) is 3.73. The quantitative estimate of drug-likeness (QED) is 0.350. The fourth-order valence-electron chi connectivity index (χ4n) is 3.73. The highest BCUT2D eigenvalue weighted by atomic mass is 127. The van der Waals surface area contributed by atoms with Crippen molar-refractivity contribution in [3.8, 4) is 5.75 Å². The zero-order valence-corrected chi connectivity index (χ0v) is 19.3. The van der Waals surface area contributed by atoms with Crippen molar-refractivity contribution in [2.24, 2.45) is 4.99 Å². The summed E-state index contributed by atoms with van der Waals surface area (Å²) in [5.74, 6) is 3.59. The third kappa shape index (κ3) is 5.39. The smallest absolute Gasteiger partial charge is 0.191 e. The van der Waals surface area contributed by atoms with Gasteiger partial charge in [-0.1, -0.05) is 18.2 Å². The number of rotatable bonds is 6. The fraction of sp³-hybridized carbons (Fsp3) is 0.550. The first kappa shape index (κ1) is 21.8. The standard InChI is InChI=1S/C20H28N6O2.HI/c1-3-21-20(22-11-16-10-14-6-4-5-7-17(14)28-16)23-15-8-9-19-24-18(13-27-2)25-26(19)12-15;/h4-7,15-16H,3,8-13H2,1-2H3,(H2,21,22,23);1H. The molecule has 2 unspecified atom stereocenters. The molecule has 0 saturated carbocycles. The Morgan fingerprint density at radius 3 is 3.03 bits per heavy atom. The first-order chi connectivity index (χ1) is 13.7. The number of aryl methyl sites for hydroxylation is 1. The molecule has 158 valence electrons. The van der Waals surface area contributed by atoms with Crippen molar-refractivity contribution >= 4 is 29.9 Å². The number of methoxy groups -OCH3 is 1. The van der Waals surface area contributed by atoms with Gasteiger partial charge >= 0.3 is 0 Å². The summed E-state index contributed by atoms with van der Waals surface area (Å²) in [6, 6.07) is 8.48. The lowest BCUT2D eigenvalue weighted by Crippen LogP contribution is -2.47. The molecule has 0 aliphatic carbocycles. The Labute approximate surface area is 188 Å². The molecule has 4 rings (SSSR count). The van der Waals surface area contributed by atoms with Gasteiger partial charge in [0, 0.05) is 32.5 Å². The number of nitrogens with one attached hydrogen (secondary N) is 2. The molecule has 29 heavy (non-hydrogen) atoms. The summed E-state index contributed by atoms with van der Waals surface area (Å²) in [5.41, 5.74) is 1.26. The maximum absolute atomic E-state index is 6.00. The van der Waals surface area contributed by atoms with Gasteiger partial charge in [0.2, 0.25) is 0 Å². The van der Waals surface area contributed by atoms with Crippen molar-refractivity contribution in [3.63, 3.8) is 0 Å². The molecule has 1 aromatic heterocycles. The topological polar surface area (TPSA) is 85.6 Å². The summed E-state index contributed by atoms with van der Waals surface area (Å²) in [6.45, 7) is 4.75. The van der Waals surface area contributed by atoms with E-state index in [1.807, 2.05) is 16.8 Å². The monoisotopic (exact) mass is 512 g/mol. The minimum Gasteiger partial charge on any atom is -0.488 e. The number of halogens is 1. The molecule has 1 aromatic carbocycles. The number of hydrogen-bond donors (Lipinski definition) is 2. The van der Waals surface area contributed by atoms with Gasteiger partial charge in [-0.25, -0.2) is 14.7 Å². The normalized spacial score (nSPS) is 20.3. The van der Waals surface area contributed by atoms with Crippen LogP contribution in [0.25, 0.3) is 0 Å². The van der Waals surface area contributed by atoms with Crippen LogP contribution >= 0.6 is 24.0 Å². The molecular formula is C20H29IN6O2. The van der Waals surface area contributed by atoms with E-state index in [9.17, 15) is 0 Å². The van der Waals surface area contributed by atoms with Crippen molar-refractivity contribution in [1.82, 2.24) is 25.4 Å². The van der Waals surface area contributed by atoms with Crippen molar-refractivity contribution in [2.45, 2.75) is 51.5 Å². The Balaban J connectivity index is 0.00000240. The van der Waals surface area contributed by atoms with Gasteiger partial charge in [0.15, 0.2) is 11.8 Å². The molecule has 9 heteroatoms. The molecule has 0 radical (unpaired) electrons. The van der Waals surface area contributed by atoms with Crippen LogP contribution in [0.4, 0.5) is 0 Å². The van der Waals surface area contributed by atoms with Crippen LogP contribution in [0.3, 0.4) is 0 Å². The van der Waals surface area contributed by atoms with Gasteiger partial charge in [0.05, 0.1) is 13.1 Å². The summed E-state index contributed by atoms with van der Waals surface area (Å²) >= 11 is 0. The van der Waals surface area contributed by atoms with Gasteiger partial charge in [0.1, 0.15) is 24.3 Å². The molecule has 3 heterocycles. The molecule has 0 spiro atoms. The lowest BCUT2D eigenvalue weighted by Gasteiger charge is -2.25. The lowest BCUT2D eigenvalue weighted by molar-refractivity contribution is 0.177. The van der Waals surface area contributed by atoms with E-state index in [1.54, 1.807) is 7.11 Å². The van der Waals surface area contributed by atoms with Gasteiger partial charge < -0.3 is 20.1 Å². The number of para-hydroxylation sites is 1. The molecule has 0 bridgehead atoms. The van der Waals surface area contributed by atoms with Crippen LogP contribution in [0, 0.1) is 0 Å². The van der Waals surface area contributed by atoms with Gasteiger partial charge in [0.25, 0.3) is 0 Å². The SMILES string of the molecule is CCNC(=NCC1Cc2ccccc2O1)NC1CCc2nc(COC)nn2C1.I. The highest BCUT2D eigenvalue weighted by Gasteiger charge is 2.24. The van der Waals surface area contributed by atoms with E-state index >= 15 is 0 Å². The van der Waals surface area contributed by atoms with Crippen molar-refractivity contribution in [1.29, 1.82) is 0 Å². The number of benzene rings is 1. The van der Waals surface area contributed by atoms with E-state index in [-0.39, 0.29) is 36.1 Å². The molecular weight excluding hydrogens is 483 g/mol. The van der Waals surface area contributed by atoms with Crippen LogP contribution in [0.15, 0.2) is 29.3 Å². The average Bonchev–Trinajstić information content (AvgIpc) is 3.29. The number of aromatic nitrogens is 3. The highest BCUT2D eigenvalue weighted by molar-refractivity contribution is 14.0. The Bertz CT molecular complexity index is 815. The molecule has 8 nitrogen and oxygen atoms in total. The van der Waals surface area contributed by atoms with E-state index < -0.39 is 0 Å². The van der Waals surface area contributed by atoms with Crippen LogP contribution in [0.1, 0.15) is 30.6 Å². The van der Waals surface area contributed by atoms with Crippen molar-refractivity contribution in [3.05, 3.63) is 41.5 Å². The van der Waals surface area contributed by atoms with E-state index in [0.29, 0.717) is 13.2 Å². The predicted molar refractivity (Wildman–Crippen MR) is 122 cm³/mol. The molecule has 0 amide bonds. The molecule has 2 aliphatic heterocycles. The van der Waals surface area contributed by atoms with E-state index in [0.717, 1.165) is 55.7 Å². The third-order valence-electron chi connectivity index (χ3n) is 5.03. The third-order valence-corrected chi connectivity index (χ3v) is 5.03. The second kappa shape index (κ2) is 10.2. The summed E-state index contributed by atoms with van der Waals surface area (Å²) in [6.07, 6.45) is 2.90. The van der Waals surface area contributed by atoms with E-state index in [4.69, 9.17) is 14.5 Å².